The summed E-state index contributed by atoms with van der Waals surface area (Å²) in [6.07, 6.45) is 1.04. The second-order valence-electron chi connectivity index (χ2n) is 5.31. The Hall–Kier alpha value is -1.35. The maximum atomic E-state index is 11.9. The Labute approximate surface area is 109 Å². The predicted octanol–water partition coefficient (Wildman–Crippen LogP) is 2.36. The second kappa shape index (κ2) is 5.11. The van der Waals surface area contributed by atoms with Crippen LogP contribution in [0.3, 0.4) is 0 Å². The van der Waals surface area contributed by atoms with Crippen LogP contribution in [0.15, 0.2) is 24.3 Å². The van der Waals surface area contributed by atoms with E-state index in [-0.39, 0.29) is 11.4 Å². The average Bonchev–Trinajstić information content (AvgIpc) is 2.41. The first kappa shape index (κ1) is 13.1. The van der Waals surface area contributed by atoms with E-state index in [2.05, 4.69) is 25.2 Å². The highest BCUT2D eigenvalue weighted by atomic mass is 16.5. The molecule has 0 bridgehead atoms. The van der Waals surface area contributed by atoms with Crippen molar-refractivity contribution in [2.75, 3.05) is 20.2 Å². The van der Waals surface area contributed by atoms with Crippen LogP contribution < -0.4 is 5.32 Å². The molecule has 0 aromatic heterocycles. The van der Waals surface area contributed by atoms with Crippen molar-refractivity contribution < 1.29 is 9.53 Å². The van der Waals surface area contributed by atoms with Crippen molar-refractivity contribution in [3.63, 3.8) is 0 Å². The van der Waals surface area contributed by atoms with Gasteiger partial charge >= 0.3 is 5.97 Å². The van der Waals surface area contributed by atoms with Crippen molar-refractivity contribution in [2.45, 2.75) is 25.7 Å². The molecule has 0 spiro atoms. The van der Waals surface area contributed by atoms with Gasteiger partial charge in [0.15, 0.2) is 0 Å². The third-order valence-electron chi connectivity index (χ3n) is 4.31. The molecule has 18 heavy (non-hydrogen) atoms. The number of hydrogen-bond donors (Lipinski definition) is 1. The highest BCUT2D eigenvalue weighted by Crippen LogP contribution is 2.38. The molecule has 0 amide bonds. The van der Waals surface area contributed by atoms with Gasteiger partial charge in [-0.05, 0) is 42.5 Å². The van der Waals surface area contributed by atoms with Crippen molar-refractivity contribution in [1.82, 2.24) is 5.32 Å². The fraction of sp³-hybridized carbons (Fsp3) is 0.533. The minimum Gasteiger partial charge on any atom is -0.465 e. The van der Waals surface area contributed by atoms with Gasteiger partial charge in [-0.2, -0.15) is 0 Å². The summed E-state index contributed by atoms with van der Waals surface area (Å²) in [5, 5.41) is 3.41. The van der Waals surface area contributed by atoms with E-state index in [1.807, 2.05) is 18.2 Å². The normalized spacial score (nSPS) is 27.8. The summed E-state index contributed by atoms with van der Waals surface area (Å²) >= 11 is 0. The van der Waals surface area contributed by atoms with Crippen LogP contribution in [0.1, 0.15) is 36.2 Å². The van der Waals surface area contributed by atoms with Crippen molar-refractivity contribution in [1.29, 1.82) is 0 Å². The zero-order valence-electron chi connectivity index (χ0n) is 11.3. The number of rotatable bonds is 2. The Morgan fingerprint density at radius 3 is 2.83 bits per heavy atom. The Morgan fingerprint density at radius 2 is 2.17 bits per heavy atom. The first-order valence-electron chi connectivity index (χ1n) is 6.48. The highest BCUT2D eigenvalue weighted by Gasteiger charge is 2.37. The van der Waals surface area contributed by atoms with Crippen molar-refractivity contribution in [3.05, 3.63) is 35.4 Å². The van der Waals surface area contributed by atoms with Gasteiger partial charge in [0.2, 0.25) is 0 Å². The molecule has 1 fully saturated rings. The maximum Gasteiger partial charge on any atom is 0.338 e. The Balaban J connectivity index is 2.46. The molecule has 0 aliphatic carbocycles. The smallest absolute Gasteiger partial charge is 0.338 e. The van der Waals surface area contributed by atoms with Gasteiger partial charge in [0.05, 0.1) is 12.7 Å². The number of hydrogen-bond acceptors (Lipinski definition) is 3. The van der Waals surface area contributed by atoms with Gasteiger partial charge in [-0.3, -0.25) is 0 Å². The lowest BCUT2D eigenvalue weighted by Gasteiger charge is -2.41. The van der Waals surface area contributed by atoms with Gasteiger partial charge in [0.1, 0.15) is 0 Å². The molecule has 1 aromatic carbocycles. The lowest BCUT2D eigenvalue weighted by Crippen LogP contribution is -2.45. The number of carbonyl (C=O) groups excluding carboxylic acids is 1. The first-order valence-corrected chi connectivity index (χ1v) is 6.48. The predicted molar refractivity (Wildman–Crippen MR) is 71.8 cm³/mol. The quantitative estimate of drug-likeness (QED) is 0.815. The number of piperidine rings is 1. The summed E-state index contributed by atoms with van der Waals surface area (Å²) in [6, 6.07) is 7.82. The molecule has 2 atom stereocenters. The van der Waals surface area contributed by atoms with Gasteiger partial charge in [-0.15, -0.1) is 0 Å². The maximum absolute atomic E-state index is 11.9. The van der Waals surface area contributed by atoms with Crippen molar-refractivity contribution >= 4 is 5.97 Å². The third-order valence-corrected chi connectivity index (χ3v) is 4.31. The molecule has 0 saturated carbocycles. The number of benzene rings is 1. The summed E-state index contributed by atoms with van der Waals surface area (Å²) < 4.78 is 4.89. The summed E-state index contributed by atoms with van der Waals surface area (Å²) in [7, 11) is 1.44. The van der Waals surface area contributed by atoms with Crippen LogP contribution in [-0.4, -0.2) is 26.2 Å². The van der Waals surface area contributed by atoms with E-state index in [9.17, 15) is 4.79 Å². The number of ether oxygens (including phenoxy) is 1. The van der Waals surface area contributed by atoms with Gasteiger partial charge in [-0.1, -0.05) is 32.0 Å². The first-order chi connectivity index (χ1) is 8.59. The summed E-state index contributed by atoms with van der Waals surface area (Å²) in [6.45, 7) is 6.48. The molecule has 1 saturated heterocycles. The fourth-order valence-electron chi connectivity index (χ4n) is 2.81. The zero-order valence-corrected chi connectivity index (χ0v) is 11.3. The largest absolute Gasteiger partial charge is 0.465 e. The van der Waals surface area contributed by atoms with Crippen LogP contribution in [0.4, 0.5) is 0 Å². The number of methoxy groups -OCH3 is 1. The molecule has 2 unspecified atom stereocenters. The van der Waals surface area contributed by atoms with Crippen molar-refractivity contribution in [3.8, 4) is 0 Å². The lowest BCUT2D eigenvalue weighted by atomic mass is 9.67. The molecule has 0 radical (unpaired) electrons. The van der Waals surface area contributed by atoms with E-state index in [0.717, 1.165) is 25.1 Å². The Kier molecular flexibility index (Phi) is 3.71. The molecule has 3 heteroatoms. The fourth-order valence-corrected chi connectivity index (χ4v) is 2.81. The van der Waals surface area contributed by atoms with E-state index >= 15 is 0 Å². The van der Waals surface area contributed by atoms with E-state index in [1.165, 1.54) is 7.11 Å². The zero-order chi connectivity index (χ0) is 13.2. The van der Waals surface area contributed by atoms with Gasteiger partial charge in [-0.25, -0.2) is 4.79 Å². The second-order valence-corrected chi connectivity index (χ2v) is 5.31. The van der Waals surface area contributed by atoms with Crippen LogP contribution in [0, 0.1) is 5.92 Å². The minimum atomic E-state index is -0.238. The monoisotopic (exact) mass is 247 g/mol. The number of esters is 1. The minimum absolute atomic E-state index is 0.0377. The van der Waals surface area contributed by atoms with Crippen LogP contribution >= 0.6 is 0 Å². The van der Waals surface area contributed by atoms with E-state index in [4.69, 9.17) is 4.74 Å². The molecule has 98 valence electrons. The van der Waals surface area contributed by atoms with Crippen LogP contribution in [-0.2, 0) is 10.2 Å². The molecule has 1 aliphatic rings. The molecule has 1 aliphatic heterocycles. The van der Waals surface area contributed by atoms with Gasteiger partial charge in [0, 0.05) is 0 Å². The van der Waals surface area contributed by atoms with Crippen LogP contribution in [0.25, 0.3) is 0 Å². The molecule has 1 aromatic rings. The molecular formula is C15H21NO2. The molecule has 1 N–H and O–H groups in total. The van der Waals surface area contributed by atoms with Crippen LogP contribution in [0.5, 0.6) is 0 Å². The SMILES string of the molecule is COC(=O)c1ccccc1C1(C)CCNCC1C. The Morgan fingerprint density at radius 1 is 1.44 bits per heavy atom. The standard InChI is InChI=1S/C15H21NO2/c1-11-10-16-9-8-15(11,2)13-7-5-4-6-12(13)14(17)18-3/h4-7,11,16H,8-10H2,1-3H3. The summed E-state index contributed by atoms with van der Waals surface area (Å²) in [5.41, 5.74) is 1.86. The lowest BCUT2D eigenvalue weighted by molar-refractivity contribution is 0.0595. The van der Waals surface area contributed by atoms with Crippen LogP contribution in [0.2, 0.25) is 0 Å². The van der Waals surface area contributed by atoms with E-state index in [1.54, 1.807) is 0 Å². The molecular weight excluding hydrogens is 226 g/mol. The third kappa shape index (κ3) is 2.15. The highest BCUT2D eigenvalue weighted by molar-refractivity contribution is 5.91. The topological polar surface area (TPSA) is 38.3 Å². The van der Waals surface area contributed by atoms with Gasteiger partial charge in [0.25, 0.3) is 0 Å². The summed E-state index contributed by atoms with van der Waals surface area (Å²) in [5.74, 6) is 0.259. The number of carbonyl (C=O) groups is 1. The number of nitrogens with one attached hydrogen (secondary N) is 1. The summed E-state index contributed by atoms with van der Waals surface area (Å²) in [4.78, 5) is 11.9. The Bertz CT molecular complexity index is 444. The molecule has 3 nitrogen and oxygen atoms in total. The molecule has 1 heterocycles. The van der Waals surface area contributed by atoms with Gasteiger partial charge < -0.3 is 10.1 Å². The average molecular weight is 247 g/mol. The van der Waals surface area contributed by atoms with Crippen molar-refractivity contribution in [2.24, 2.45) is 5.92 Å². The van der Waals surface area contributed by atoms with E-state index in [0.29, 0.717) is 11.5 Å². The molecule has 2 rings (SSSR count). The van der Waals surface area contributed by atoms with E-state index < -0.39 is 0 Å².